The molecule has 3 saturated heterocycles. The Labute approximate surface area is 202 Å². The summed E-state index contributed by atoms with van der Waals surface area (Å²) >= 11 is 1.71. The fourth-order valence-corrected chi connectivity index (χ4v) is 6.68. The summed E-state index contributed by atoms with van der Waals surface area (Å²) in [7, 11) is 0. The van der Waals surface area contributed by atoms with E-state index >= 15 is 0 Å². The van der Waals surface area contributed by atoms with E-state index in [0.717, 1.165) is 45.4 Å². The van der Waals surface area contributed by atoms with E-state index in [1.165, 1.54) is 17.8 Å². The van der Waals surface area contributed by atoms with Crippen LogP contribution >= 0.6 is 11.3 Å². The second-order valence-electron chi connectivity index (χ2n) is 9.74. The van der Waals surface area contributed by atoms with Gasteiger partial charge in [0.05, 0.1) is 11.9 Å². The van der Waals surface area contributed by atoms with Gasteiger partial charge in [0.1, 0.15) is 41.1 Å². The van der Waals surface area contributed by atoms with E-state index in [2.05, 4.69) is 24.8 Å². The average Bonchev–Trinajstić information content (AvgIpc) is 3.62. The van der Waals surface area contributed by atoms with Crippen molar-refractivity contribution in [3.63, 3.8) is 0 Å². The molecule has 182 valence electrons. The quantitative estimate of drug-likeness (QED) is 0.489. The van der Waals surface area contributed by atoms with Crippen molar-refractivity contribution >= 4 is 28.2 Å². The third-order valence-electron chi connectivity index (χ3n) is 7.92. The predicted molar refractivity (Wildman–Crippen MR) is 128 cm³/mol. The lowest BCUT2D eigenvalue weighted by Crippen LogP contribution is -2.54. The maximum Gasteiger partial charge on any atom is 0.164 e. The Kier molecular flexibility index (Phi) is 5.79. The maximum absolute atomic E-state index is 10.9. The van der Waals surface area contributed by atoms with Crippen molar-refractivity contribution in [2.24, 2.45) is 0 Å². The van der Waals surface area contributed by atoms with E-state index in [0.29, 0.717) is 23.4 Å². The number of hydrogen-bond acceptors (Lipinski definition) is 10. The SMILES string of the molecule is Nc1ncnc2c1ccn2[C@@H]1O[C@H](CN2CCCC23CCN(Cc2nccs2)CC3)[C@@H](O)[C@H]1O. The van der Waals surface area contributed by atoms with Crippen LogP contribution < -0.4 is 5.73 Å². The second-order valence-corrected chi connectivity index (χ2v) is 10.7. The maximum atomic E-state index is 10.9. The number of nitrogens with two attached hydrogens (primary N) is 1. The number of hydrogen-bond donors (Lipinski definition) is 3. The lowest BCUT2D eigenvalue weighted by Gasteiger charge is -2.45. The largest absolute Gasteiger partial charge is 0.387 e. The van der Waals surface area contributed by atoms with Gasteiger partial charge in [0.25, 0.3) is 0 Å². The molecule has 0 amide bonds. The molecule has 11 heteroatoms. The van der Waals surface area contributed by atoms with Crippen LogP contribution in [0.15, 0.2) is 30.2 Å². The first-order valence-electron chi connectivity index (χ1n) is 12.0. The smallest absolute Gasteiger partial charge is 0.164 e. The van der Waals surface area contributed by atoms with Gasteiger partial charge < -0.3 is 25.3 Å². The summed E-state index contributed by atoms with van der Waals surface area (Å²) in [5.74, 6) is 0.383. The number of thiazole rings is 1. The van der Waals surface area contributed by atoms with Gasteiger partial charge in [0, 0.05) is 42.9 Å². The van der Waals surface area contributed by atoms with Gasteiger partial charge in [-0.1, -0.05) is 0 Å². The molecule has 3 aliphatic rings. The van der Waals surface area contributed by atoms with Gasteiger partial charge in [-0.2, -0.15) is 0 Å². The molecule has 0 saturated carbocycles. The Morgan fingerprint density at radius 2 is 1.97 bits per heavy atom. The molecule has 0 aliphatic carbocycles. The molecule has 4 atom stereocenters. The minimum absolute atomic E-state index is 0.146. The summed E-state index contributed by atoms with van der Waals surface area (Å²) in [5, 5.41) is 25.7. The zero-order chi connectivity index (χ0) is 23.3. The lowest BCUT2D eigenvalue weighted by molar-refractivity contribution is -0.0578. The summed E-state index contributed by atoms with van der Waals surface area (Å²) in [6.45, 7) is 4.62. The molecule has 3 fully saturated rings. The van der Waals surface area contributed by atoms with E-state index < -0.39 is 24.5 Å². The number of aliphatic hydroxyl groups is 2. The fraction of sp³-hybridized carbons (Fsp3) is 0.609. The fourth-order valence-electron chi connectivity index (χ4n) is 6.02. The molecule has 0 aromatic carbocycles. The summed E-state index contributed by atoms with van der Waals surface area (Å²) in [5.41, 5.74) is 6.70. The number of piperidine rings is 1. The summed E-state index contributed by atoms with van der Waals surface area (Å²) in [6, 6.07) is 1.81. The van der Waals surface area contributed by atoms with Gasteiger partial charge in [0.15, 0.2) is 6.23 Å². The van der Waals surface area contributed by atoms with Crippen LogP contribution in [0.25, 0.3) is 11.0 Å². The van der Waals surface area contributed by atoms with Gasteiger partial charge in [-0.3, -0.25) is 9.80 Å². The highest BCUT2D eigenvalue weighted by Crippen LogP contribution is 2.41. The molecule has 10 nitrogen and oxygen atoms in total. The van der Waals surface area contributed by atoms with Crippen molar-refractivity contribution in [2.75, 3.05) is 31.9 Å². The number of likely N-dealkylation sites (tertiary alicyclic amines) is 2. The van der Waals surface area contributed by atoms with Gasteiger partial charge in [-0.25, -0.2) is 15.0 Å². The van der Waals surface area contributed by atoms with E-state index in [1.54, 1.807) is 22.1 Å². The van der Waals surface area contributed by atoms with Crippen LogP contribution in [0.4, 0.5) is 5.82 Å². The zero-order valence-electron chi connectivity index (χ0n) is 19.0. The van der Waals surface area contributed by atoms with Crippen LogP contribution in [0.5, 0.6) is 0 Å². The van der Waals surface area contributed by atoms with Gasteiger partial charge in [-0.05, 0) is 38.3 Å². The molecule has 0 unspecified atom stereocenters. The topological polar surface area (TPSA) is 126 Å². The van der Waals surface area contributed by atoms with Crippen molar-refractivity contribution in [1.82, 2.24) is 29.3 Å². The molecule has 3 aromatic heterocycles. The highest BCUT2D eigenvalue weighted by molar-refractivity contribution is 7.09. The van der Waals surface area contributed by atoms with Crippen LogP contribution in [0.3, 0.4) is 0 Å². The van der Waals surface area contributed by atoms with E-state index in [9.17, 15) is 10.2 Å². The molecular formula is C23H31N7O3S. The van der Waals surface area contributed by atoms with Crippen molar-refractivity contribution in [1.29, 1.82) is 0 Å². The number of anilines is 1. The predicted octanol–water partition coefficient (Wildman–Crippen LogP) is 1.22. The zero-order valence-corrected chi connectivity index (χ0v) is 19.8. The molecule has 0 radical (unpaired) electrons. The first-order valence-corrected chi connectivity index (χ1v) is 12.9. The second kappa shape index (κ2) is 8.81. The average molecular weight is 486 g/mol. The number of fused-ring (bicyclic) bond motifs is 1. The Bertz CT molecular complexity index is 1130. The van der Waals surface area contributed by atoms with E-state index in [1.807, 2.05) is 17.6 Å². The summed E-state index contributed by atoms with van der Waals surface area (Å²) in [4.78, 5) is 17.8. The first kappa shape index (κ1) is 22.3. The van der Waals surface area contributed by atoms with Crippen LogP contribution in [-0.2, 0) is 11.3 Å². The van der Waals surface area contributed by atoms with Crippen LogP contribution in [0.2, 0.25) is 0 Å². The molecule has 6 rings (SSSR count). The van der Waals surface area contributed by atoms with Gasteiger partial charge >= 0.3 is 0 Å². The Morgan fingerprint density at radius 3 is 2.76 bits per heavy atom. The van der Waals surface area contributed by atoms with E-state index in [4.69, 9.17) is 10.5 Å². The molecular weight excluding hydrogens is 454 g/mol. The highest BCUT2D eigenvalue weighted by Gasteiger charge is 2.49. The van der Waals surface area contributed by atoms with Crippen molar-refractivity contribution in [3.05, 3.63) is 35.2 Å². The molecule has 34 heavy (non-hydrogen) atoms. The first-order chi connectivity index (χ1) is 16.5. The van der Waals surface area contributed by atoms with Crippen molar-refractivity contribution < 1.29 is 14.9 Å². The highest BCUT2D eigenvalue weighted by atomic mass is 32.1. The van der Waals surface area contributed by atoms with E-state index in [-0.39, 0.29) is 5.54 Å². The number of nitrogen functional groups attached to an aromatic ring is 1. The molecule has 3 aromatic rings. The Balaban J connectivity index is 1.14. The minimum Gasteiger partial charge on any atom is -0.387 e. The van der Waals surface area contributed by atoms with Crippen molar-refractivity contribution in [2.45, 2.75) is 62.3 Å². The number of rotatable bonds is 5. The molecule has 6 heterocycles. The molecule has 1 spiro atoms. The summed E-state index contributed by atoms with van der Waals surface area (Å²) in [6.07, 6.45) is 6.39. The van der Waals surface area contributed by atoms with Gasteiger partial charge in [0.2, 0.25) is 0 Å². The normalized spacial score (nSPS) is 30.1. The summed E-state index contributed by atoms with van der Waals surface area (Å²) < 4.78 is 8.02. The number of aromatic nitrogens is 4. The van der Waals surface area contributed by atoms with Crippen LogP contribution in [0, 0.1) is 0 Å². The number of ether oxygens (including phenoxy) is 1. The van der Waals surface area contributed by atoms with Crippen LogP contribution in [-0.4, -0.2) is 89.6 Å². The third-order valence-corrected chi connectivity index (χ3v) is 8.69. The third kappa shape index (κ3) is 3.80. The lowest BCUT2D eigenvalue weighted by atomic mass is 9.84. The Morgan fingerprint density at radius 1 is 1.12 bits per heavy atom. The van der Waals surface area contributed by atoms with Crippen molar-refractivity contribution in [3.8, 4) is 0 Å². The molecule has 4 N–H and O–H groups in total. The number of aliphatic hydroxyl groups excluding tert-OH is 2. The molecule has 3 aliphatic heterocycles. The monoisotopic (exact) mass is 485 g/mol. The van der Waals surface area contributed by atoms with Crippen LogP contribution in [0.1, 0.15) is 36.9 Å². The standard InChI is InChI=1S/C23H31N7O3S/c24-20-15-2-8-30(21(15)27-14-26-20)22-19(32)18(31)16(33-22)12-29-7-1-3-23(29)4-9-28(10-5-23)13-17-25-6-11-34-17/h2,6,8,11,14,16,18-19,22,31-32H,1,3-5,7,9-10,12-13H2,(H2,24,26,27)/t16-,18-,19-,22-/m1/s1. The Hall–Kier alpha value is -2.15. The minimum atomic E-state index is -1.05. The van der Waals surface area contributed by atoms with Gasteiger partial charge in [-0.15, -0.1) is 11.3 Å². The molecule has 0 bridgehead atoms. The number of nitrogens with zero attached hydrogens (tertiary/aromatic N) is 6.